The van der Waals surface area contributed by atoms with Crippen LogP contribution in [0.15, 0.2) is 29.2 Å². The molecular weight excluding hydrogens is 276 g/mol. The molecule has 1 aromatic rings. The highest BCUT2D eigenvalue weighted by Crippen LogP contribution is 2.37. The van der Waals surface area contributed by atoms with Gasteiger partial charge in [-0.25, -0.2) is 0 Å². The summed E-state index contributed by atoms with van der Waals surface area (Å²) in [7, 11) is 0. The Balaban J connectivity index is 1.86. The molecular formula is C18H26N2S. The number of hydrogen-bond donors (Lipinski definition) is 1. The molecule has 0 radical (unpaired) electrons. The van der Waals surface area contributed by atoms with Gasteiger partial charge in [0.05, 0.1) is 6.07 Å². The summed E-state index contributed by atoms with van der Waals surface area (Å²) < 4.78 is 0. The van der Waals surface area contributed by atoms with E-state index >= 15 is 0 Å². The van der Waals surface area contributed by atoms with Crippen LogP contribution in [0.2, 0.25) is 0 Å². The number of nitrogens with two attached hydrogens (primary N) is 1. The van der Waals surface area contributed by atoms with Crippen molar-refractivity contribution in [3.05, 3.63) is 29.8 Å². The highest BCUT2D eigenvalue weighted by atomic mass is 32.2. The summed E-state index contributed by atoms with van der Waals surface area (Å²) in [6.07, 6.45) is 4.10. The normalized spacial score (nSPS) is 25.8. The van der Waals surface area contributed by atoms with E-state index < -0.39 is 5.54 Å². The minimum Gasteiger partial charge on any atom is -0.313 e. The monoisotopic (exact) mass is 302 g/mol. The second-order valence-electron chi connectivity index (χ2n) is 7.15. The molecule has 3 heteroatoms. The number of thioether (sulfide) groups is 1. The quantitative estimate of drug-likeness (QED) is 0.834. The summed E-state index contributed by atoms with van der Waals surface area (Å²) in [6, 6.07) is 11.2. The van der Waals surface area contributed by atoms with Crippen LogP contribution in [0, 0.1) is 17.2 Å². The number of nitriles is 1. The van der Waals surface area contributed by atoms with Gasteiger partial charge >= 0.3 is 0 Å². The molecule has 1 fully saturated rings. The van der Waals surface area contributed by atoms with Crippen molar-refractivity contribution in [2.75, 3.05) is 5.75 Å². The van der Waals surface area contributed by atoms with Gasteiger partial charge in [-0.1, -0.05) is 39.3 Å². The molecule has 2 atom stereocenters. The van der Waals surface area contributed by atoms with E-state index in [4.69, 9.17) is 5.73 Å². The lowest BCUT2D eigenvalue weighted by atomic mass is 9.87. The van der Waals surface area contributed by atoms with Gasteiger partial charge in [-0.15, -0.1) is 11.8 Å². The molecule has 2 N–H and O–H groups in total. The SMILES string of the molecule is CC(C)(C)c1ccc(SCCC2CCCC2(N)C#N)cc1. The van der Waals surface area contributed by atoms with Crippen LogP contribution in [-0.2, 0) is 5.41 Å². The van der Waals surface area contributed by atoms with Crippen LogP contribution in [0.5, 0.6) is 0 Å². The van der Waals surface area contributed by atoms with Crippen LogP contribution in [-0.4, -0.2) is 11.3 Å². The molecule has 0 amide bonds. The second kappa shape index (κ2) is 6.42. The second-order valence-corrected chi connectivity index (χ2v) is 8.32. The van der Waals surface area contributed by atoms with E-state index in [1.807, 2.05) is 11.8 Å². The zero-order valence-electron chi connectivity index (χ0n) is 13.4. The van der Waals surface area contributed by atoms with Gasteiger partial charge in [0.2, 0.25) is 0 Å². The van der Waals surface area contributed by atoms with Gasteiger partial charge < -0.3 is 5.73 Å². The summed E-state index contributed by atoms with van der Waals surface area (Å²) in [6.45, 7) is 6.70. The highest BCUT2D eigenvalue weighted by Gasteiger charge is 2.39. The van der Waals surface area contributed by atoms with Crippen LogP contribution >= 0.6 is 11.8 Å². The molecule has 0 spiro atoms. The van der Waals surface area contributed by atoms with Gasteiger partial charge in [-0.2, -0.15) is 5.26 Å². The van der Waals surface area contributed by atoms with Crippen molar-refractivity contribution in [2.24, 2.45) is 11.7 Å². The third-order valence-corrected chi connectivity index (χ3v) is 5.58. The van der Waals surface area contributed by atoms with Crippen LogP contribution in [0.3, 0.4) is 0 Å². The first-order valence-electron chi connectivity index (χ1n) is 7.79. The average Bonchev–Trinajstić information content (AvgIpc) is 2.81. The van der Waals surface area contributed by atoms with E-state index in [1.165, 1.54) is 10.5 Å². The van der Waals surface area contributed by atoms with E-state index in [0.29, 0.717) is 5.92 Å². The lowest BCUT2D eigenvalue weighted by Crippen LogP contribution is -2.41. The smallest absolute Gasteiger partial charge is 0.107 e. The largest absolute Gasteiger partial charge is 0.313 e. The van der Waals surface area contributed by atoms with Gasteiger partial charge in [0, 0.05) is 4.90 Å². The van der Waals surface area contributed by atoms with E-state index in [1.54, 1.807) is 0 Å². The van der Waals surface area contributed by atoms with Crippen molar-refractivity contribution in [2.45, 2.75) is 62.3 Å². The first kappa shape index (κ1) is 16.4. The zero-order valence-corrected chi connectivity index (χ0v) is 14.2. The van der Waals surface area contributed by atoms with Gasteiger partial charge in [0.15, 0.2) is 0 Å². The first-order chi connectivity index (χ1) is 9.85. The maximum Gasteiger partial charge on any atom is 0.107 e. The first-order valence-corrected chi connectivity index (χ1v) is 8.77. The summed E-state index contributed by atoms with van der Waals surface area (Å²) >= 11 is 1.87. The lowest BCUT2D eigenvalue weighted by molar-refractivity contribution is 0.389. The highest BCUT2D eigenvalue weighted by molar-refractivity contribution is 7.99. The topological polar surface area (TPSA) is 49.8 Å². The Morgan fingerprint density at radius 2 is 2.00 bits per heavy atom. The molecule has 2 rings (SSSR count). The van der Waals surface area contributed by atoms with Gasteiger partial charge in [0.25, 0.3) is 0 Å². The fourth-order valence-electron chi connectivity index (χ4n) is 3.02. The standard InChI is InChI=1S/C18H26N2S/c1-17(2,3)14-6-8-16(9-7-14)21-12-10-15-5-4-11-18(15,20)13-19/h6-9,15H,4-5,10-12,20H2,1-3H3. The molecule has 0 heterocycles. The molecule has 114 valence electrons. The Morgan fingerprint density at radius 3 is 2.57 bits per heavy atom. The van der Waals surface area contributed by atoms with Gasteiger partial charge in [-0.05, 0) is 54.0 Å². The number of hydrogen-bond acceptors (Lipinski definition) is 3. The van der Waals surface area contributed by atoms with Crippen LogP contribution in [0.1, 0.15) is 52.0 Å². The molecule has 0 aromatic heterocycles. The Morgan fingerprint density at radius 1 is 1.33 bits per heavy atom. The maximum absolute atomic E-state index is 9.24. The Bertz CT molecular complexity index is 510. The molecule has 0 aliphatic heterocycles. The van der Waals surface area contributed by atoms with Crippen LogP contribution in [0.4, 0.5) is 0 Å². The summed E-state index contributed by atoms with van der Waals surface area (Å²) in [5, 5.41) is 9.24. The van der Waals surface area contributed by atoms with Crippen LogP contribution < -0.4 is 5.73 Å². The van der Waals surface area contributed by atoms with E-state index in [0.717, 1.165) is 31.4 Å². The van der Waals surface area contributed by atoms with Crippen molar-refractivity contribution in [1.82, 2.24) is 0 Å². The lowest BCUT2D eigenvalue weighted by Gasteiger charge is -2.23. The van der Waals surface area contributed by atoms with Gasteiger partial charge in [0.1, 0.15) is 5.54 Å². The predicted molar refractivity (Wildman–Crippen MR) is 90.4 cm³/mol. The fraction of sp³-hybridized carbons (Fsp3) is 0.611. The zero-order chi connectivity index (χ0) is 15.5. The van der Waals surface area contributed by atoms with Crippen molar-refractivity contribution in [3.63, 3.8) is 0 Å². The molecule has 2 unspecified atom stereocenters. The number of rotatable bonds is 4. The minimum atomic E-state index is -0.573. The van der Waals surface area contributed by atoms with Crippen molar-refractivity contribution >= 4 is 11.8 Å². The maximum atomic E-state index is 9.24. The van der Waals surface area contributed by atoms with Crippen LogP contribution in [0.25, 0.3) is 0 Å². The number of nitrogens with zero attached hydrogens (tertiary/aromatic N) is 1. The van der Waals surface area contributed by atoms with E-state index in [2.05, 4.69) is 51.1 Å². The van der Waals surface area contributed by atoms with E-state index in [-0.39, 0.29) is 5.41 Å². The molecule has 0 bridgehead atoms. The van der Waals surface area contributed by atoms with Crippen molar-refractivity contribution in [3.8, 4) is 6.07 Å². The Hall–Kier alpha value is -0.980. The van der Waals surface area contributed by atoms with Crippen molar-refractivity contribution < 1.29 is 0 Å². The third-order valence-electron chi connectivity index (χ3n) is 4.54. The average molecular weight is 302 g/mol. The molecule has 1 aromatic carbocycles. The fourth-order valence-corrected chi connectivity index (χ4v) is 3.99. The molecule has 1 aliphatic rings. The minimum absolute atomic E-state index is 0.207. The summed E-state index contributed by atoms with van der Waals surface area (Å²) in [5.74, 6) is 1.41. The summed E-state index contributed by atoms with van der Waals surface area (Å²) in [5.41, 5.74) is 7.18. The Labute approximate surface area is 133 Å². The molecule has 1 saturated carbocycles. The molecule has 1 aliphatic carbocycles. The Kier molecular flexibility index (Phi) is 5.01. The number of benzene rings is 1. The molecule has 0 saturated heterocycles. The summed E-state index contributed by atoms with van der Waals surface area (Å²) in [4.78, 5) is 1.31. The van der Waals surface area contributed by atoms with Gasteiger partial charge in [-0.3, -0.25) is 0 Å². The molecule has 21 heavy (non-hydrogen) atoms. The predicted octanol–water partition coefficient (Wildman–Crippen LogP) is 4.49. The van der Waals surface area contributed by atoms with E-state index in [9.17, 15) is 5.26 Å². The van der Waals surface area contributed by atoms with Crippen molar-refractivity contribution in [1.29, 1.82) is 5.26 Å². The molecule has 2 nitrogen and oxygen atoms in total. The third kappa shape index (κ3) is 4.02.